The molecule has 1 unspecified atom stereocenters. The number of hydrogen-bond donors (Lipinski definition) is 2. The number of rotatable bonds is 9. The molecule has 0 aliphatic heterocycles. The molecule has 3 N–H and O–H groups in total. The van der Waals surface area contributed by atoms with Gasteiger partial charge in [0.25, 0.3) is 0 Å². The highest BCUT2D eigenvalue weighted by Gasteiger charge is 2.12. The minimum absolute atomic E-state index is 0.251. The Morgan fingerprint density at radius 2 is 1.84 bits per heavy atom. The summed E-state index contributed by atoms with van der Waals surface area (Å²) in [6, 6.07) is 6.72. The van der Waals surface area contributed by atoms with Crippen LogP contribution >= 0.6 is 15.9 Å². The average Bonchev–Trinajstić information content (AvgIpc) is 2.39. The predicted octanol–water partition coefficient (Wildman–Crippen LogP) is 5.01. The number of nitrogens with one attached hydrogen (secondary N) is 1. The minimum atomic E-state index is 0.251. The summed E-state index contributed by atoms with van der Waals surface area (Å²) >= 11 is 3.64. The van der Waals surface area contributed by atoms with E-state index in [1.807, 2.05) is 0 Å². The molecule has 0 spiro atoms. The van der Waals surface area contributed by atoms with Crippen molar-refractivity contribution in [2.24, 2.45) is 5.84 Å². The van der Waals surface area contributed by atoms with Gasteiger partial charge in [-0.15, -0.1) is 0 Å². The van der Waals surface area contributed by atoms with Gasteiger partial charge in [-0.1, -0.05) is 73.5 Å². The number of benzene rings is 1. The zero-order valence-corrected chi connectivity index (χ0v) is 13.8. The Hall–Kier alpha value is -0.380. The Bertz CT molecular complexity index is 366. The summed E-state index contributed by atoms with van der Waals surface area (Å²) in [4.78, 5) is 0. The van der Waals surface area contributed by atoms with E-state index in [0.717, 1.165) is 10.9 Å². The van der Waals surface area contributed by atoms with E-state index in [1.54, 1.807) is 0 Å². The van der Waals surface area contributed by atoms with Crippen LogP contribution in [-0.2, 0) is 0 Å². The summed E-state index contributed by atoms with van der Waals surface area (Å²) in [5.41, 5.74) is 5.49. The predicted molar refractivity (Wildman–Crippen MR) is 86.9 cm³/mol. The van der Waals surface area contributed by atoms with Gasteiger partial charge in [-0.2, -0.15) is 0 Å². The van der Waals surface area contributed by atoms with Crippen molar-refractivity contribution in [2.75, 3.05) is 0 Å². The van der Waals surface area contributed by atoms with Gasteiger partial charge in [0, 0.05) is 10.5 Å². The molecular formula is C16H27BrN2. The van der Waals surface area contributed by atoms with Gasteiger partial charge in [0.1, 0.15) is 0 Å². The first kappa shape index (κ1) is 16.7. The van der Waals surface area contributed by atoms with Crippen molar-refractivity contribution >= 4 is 15.9 Å². The third-order valence-corrected chi connectivity index (χ3v) is 4.27. The maximum atomic E-state index is 5.70. The Balaban J connectivity index is 2.40. The molecule has 0 radical (unpaired) electrons. The largest absolute Gasteiger partial charge is 0.271 e. The maximum Gasteiger partial charge on any atom is 0.0471 e. The van der Waals surface area contributed by atoms with Crippen LogP contribution in [0.2, 0.25) is 0 Å². The van der Waals surface area contributed by atoms with Crippen molar-refractivity contribution in [3.8, 4) is 0 Å². The number of unbranched alkanes of at least 4 members (excludes halogenated alkanes) is 5. The number of halogens is 1. The molecule has 0 fully saturated rings. The summed E-state index contributed by atoms with van der Waals surface area (Å²) in [7, 11) is 0. The molecule has 1 aromatic carbocycles. The Morgan fingerprint density at radius 1 is 1.16 bits per heavy atom. The fraction of sp³-hybridized carbons (Fsp3) is 0.625. The van der Waals surface area contributed by atoms with E-state index in [2.05, 4.69) is 53.4 Å². The van der Waals surface area contributed by atoms with Crippen LogP contribution in [-0.4, -0.2) is 0 Å². The molecule has 1 aromatic rings. The molecule has 1 atom stereocenters. The standard InChI is InChI=1S/C16H27BrN2/c1-3-4-5-6-7-8-9-16(19-18)14-11-10-13(2)12-15(14)17/h10-12,16,19H,3-9,18H2,1-2H3. The minimum Gasteiger partial charge on any atom is -0.271 e. The highest BCUT2D eigenvalue weighted by atomic mass is 79.9. The normalized spacial score (nSPS) is 12.6. The molecule has 0 heterocycles. The van der Waals surface area contributed by atoms with E-state index in [0.29, 0.717) is 0 Å². The summed E-state index contributed by atoms with van der Waals surface area (Å²) in [6.07, 6.45) is 9.03. The zero-order valence-electron chi connectivity index (χ0n) is 12.2. The average molecular weight is 327 g/mol. The van der Waals surface area contributed by atoms with Crippen molar-refractivity contribution < 1.29 is 0 Å². The van der Waals surface area contributed by atoms with Crippen LogP contribution in [0.25, 0.3) is 0 Å². The van der Waals surface area contributed by atoms with Gasteiger partial charge in [-0.05, 0) is 30.5 Å². The molecule has 3 heteroatoms. The van der Waals surface area contributed by atoms with Crippen LogP contribution < -0.4 is 11.3 Å². The topological polar surface area (TPSA) is 38.0 Å². The lowest BCUT2D eigenvalue weighted by atomic mass is 9.99. The van der Waals surface area contributed by atoms with Crippen LogP contribution in [0, 0.1) is 6.92 Å². The van der Waals surface area contributed by atoms with Crippen molar-refractivity contribution in [3.05, 3.63) is 33.8 Å². The van der Waals surface area contributed by atoms with Crippen molar-refractivity contribution in [1.29, 1.82) is 0 Å². The van der Waals surface area contributed by atoms with Crippen LogP contribution in [0.3, 0.4) is 0 Å². The fourth-order valence-corrected chi connectivity index (χ4v) is 3.14. The fourth-order valence-electron chi connectivity index (χ4n) is 2.37. The highest BCUT2D eigenvalue weighted by molar-refractivity contribution is 9.10. The summed E-state index contributed by atoms with van der Waals surface area (Å²) in [6.45, 7) is 4.36. The maximum absolute atomic E-state index is 5.70. The Kier molecular flexibility index (Phi) is 8.35. The summed E-state index contributed by atoms with van der Waals surface area (Å²) in [5.74, 6) is 5.70. The SMILES string of the molecule is CCCCCCCCC(NN)c1ccc(C)cc1Br. The lowest BCUT2D eigenvalue weighted by Gasteiger charge is -2.18. The van der Waals surface area contributed by atoms with E-state index in [9.17, 15) is 0 Å². The van der Waals surface area contributed by atoms with Crippen molar-refractivity contribution in [3.63, 3.8) is 0 Å². The van der Waals surface area contributed by atoms with Gasteiger partial charge < -0.3 is 0 Å². The van der Waals surface area contributed by atoms with Gasteiger partial charge in [0.05, 0.1) is 0 Å². The van der Waals surface area contributed by atoms with Crippen molar-refractivity contribution in [1.82, 2.24) is 5.43 Å². The van der Waals surface area contributed by atoms with Crippen LogP contribution in [0.5, 0.6) is 0 Å². The zero-order chi connectivity index (χ0) is 14.1. The van der Waals surface area contributed by atoms with E-state index < -0.39 is 0 Å². The smallest absolute Gasteiger partial charge is 0.0471 e. The lowest BCUT2D eigenvalue weighted by molar-refractivity contribution is 0.476. The molecule has 1 rings (SSSR count). The second-order valence-electron chi connectivity index (χ2n) is 5.30. The molecule has 108 valence electrons. The van der Waals surface area contributed by atoms with Crippen molar-refractivity contribution in [2.45, 2.75) is 64.8 Å². The molecule has 19 heavy (non-hydrogen) atoms. The van der Waals surface area contributed by atoms with E-state index in [1.165, 1.54) is 49.7 Å². The van der Waals surface area contributed by atoms with Crippen LogP contribution in [0.15, 0.2) is 22.7 Å². The molecule has 0 aliphatic rings. The molecule has 0 saturated carbocycles. The molecule has 0 aromatic heterocycles. The quantitative estimate of drug-likeness (QED) is 0.380. The summed E-state index contributed by atoms with van der Waals surface area (Å²) < 4.78 is 1.15. The third-order valence-electron chi connectivity index (χ3n) is 3.58. The first-order valence-electron chi connectivity index (χ1n) is 7.41. The molecule has 2 nitrogen and oxygen atoms in total. The van der Waals surface area contributed by atoms with E-state index in [-0.39, 0.29) is 6.04 Å². The highest BCUT2D eigenvalue weighted by Crippen LogP contribution is 2.27. The van der Waals surface area contributed by atoms with E-state index >= 15 is 0 Å². The first-order chi connectivity index (χ1) is 9.19. The number of hydrogen-bond acceptors (Lipinski definition) is 2. The van der Waals surface area contributed by atoms with Gasteiger partial charge in [-0.3, -0.25) is 11.3 Å². The third kappa shape index (κ3) is 6.07. The second-order valence-corrected chi connectivity index (χ2v) is 6.15. The van der Waals surface area contributed by atoms with Gasteiger partial charge >= 0.3 is 0 Å². The van der Waals surface area contributed by atoms with Crippen LogP contribution in [0.4, 0.5) is 0 Å². The molecule has 0 amide bonds. The molecular weight excluding hydrogens is 300 g/mol. The van der Waals surface area contributed by atoms with Crippen LogP contribution in [0.1, 0.15) is 69.0 Å². The van der Waals surface area contributed by atoms with Gasteiger partial charge in [-0.25, -0.2) is 0 Å². The Morgan fingerprint density at radius 3 is 2.47 bits per heavy atom. The summed E-state index contributed by atoms with van der Waals surface area (Å²) in [5, 5.41) is 0. The second kappa shape index (κ2) is 9.51. The monoisotopic (exact) mass is 326 g/mol. The Labute approximate surface area is 126 Å². The van der Waals surface area contributed by atoms with Gasteiger partial charge in [0.2, 0.25) is 0 Å². The molecule has 0 aliphatic carbocycles. The first-order valence-corrected chi connectivity index (χ1v) is 8.20. The number of aryl methyl sites for hydroxylation is 1. The molecule has 0 saturated heterocycles. The molecule has 0 bridgehead atoms. The number of hydrazine groups is 1. The number of nitrogens with two attached hydrogens (primary N) is 1. The lowest BCUT2D eigenvalue weighted by Crippen LogP contribution is -2.28. The van der Waals surface area contributed by atoms with E-state index in [4.69, 9.17) is 5.84 Å². The van der Waals surface area contributed by atoms with Gasteiger partial charge in [0.15, 0.2) is 0 Å².